The van der Waals surface area contributed by atoms with Crippen molar-refractivity contribution in [1.29, 1.82) is 0 Å². The quantitative estimate of drug-likeness (QED) is 0.249. The summed E-state index contributed by atoms with van der Waals surface area (Å²) in [5, 5.41) is 11.6. The number of hydrogen-bond acceptors (Lipinski definition) is 5. The highest BCUT2D eigenvalue weighted by atomic mass is 16.3. The van der Waals surface area contributed by atoms with Gasteiger partial charge in [0.15, 0.2) is 0 Å². The predicted octanol–water partition coefficient (Wildman–Crippen LogP) is 6.29. The fourth-order valence-corrected chi connectivity index (χ4v) is 8.39. The third kappa shape index (κ3) is 4.47. The zero-order chi connectivity index (χ0) is 32.3. The van der Waals surface area contributed by atoms with Gasteiger partial charge in [-0.1, -0.05) is 74.0 Å². The minimum atomic E-state index is -0.743. The summed E-state index contributed by atoms with van der Waals surface area (Å²) >= 11 is 0. The van der Waals surface area contributed by atoms with Crippen molar-refractivity contribution in [2.24, 2.45) is 29.6 Å². The minimum Gasteiger partial charge on any atom is -0.507 e. The van der Waals surface area contributed by atoms with Gasteiger partial charge in [-0.15, -0.1) is 6.58 Å². The van der Waals surface area contributed by atoms with Crippen molar-refractivity contribution in [3.05, 3.63) is 113 Å². The number of imide groups is 2. The van der Waals surface area contributed by atoms with Crippen LogP contribution < -0.4 is 9.80 Å². The molecule has 4 amide bonds. The summed E-state index contributed by atoms with van der Waals surface area (Å²) in [5.41, 5.74) is 5.40. The molecule has 7 heteroatoms. The highest BCUT2D eigenvalue weighted by molar-refractivity contribution is 6.24. The molecule has 2 heterocycles. The normalized spacial score (nSPS) is 27.0. The highest BCUT2D eigenvalue weighted by Crippen LogP contribution is 2.59. The smallest absolute Gasteiger partial charge is 0.238 e. The Bertz CT molecular complexity index is 1790. The predicted molar refractivity (Wildman–Crippen MR) is 176 cm³/mol. The van der Waals surface area contributed by atoms with Crippen LogP contribution in [0.2, 0.25) is 0 Å². The van der Waals surface area contributed by atoms with E-state index in [2.05, 4.69) is 13.5 Å². The second-order valence-electron chi connectivity index (χ2n) is 12.9. The van der Waals surface area contributed by atoms with Crippen LogP contribution in [0.15, 0.2) is 91.0 Å². The van der Waals surface area contributed by atoms with E-state index in [1.807, 2.05) is 79.7 Å². The van der Waals surface area contributed by atoms with Crippen LogP contribution in [0.1, 0.15) is 54.9 Å². The van der Waals surface area contributed by atoms with Gasteiger partial charge in [-0.25, -0.2) is 0 Å². The van der Waals surface area contributed by atoms with E-state index >= 15 is 0 Å². The van der Waals surface area contributed by atoms with Crippen LogP contribution in [0, 0.1) is 29.6 Å². The largest absolute Gasteiger partial charge is 0.507 e. The Hall–Kier alpha value is -4.78. The summed E-state index contributed by atoms with van der Waals surface area (Å²) in [4.78, 5) is 59.3. The molecule has 7 rings (SSSR count). The third-order valence-electron chi connectivity index (χ3n) is 10.7. The Morgan fingerprint density at radius 3 is 1.87 bits per heavy atom. The van der Waals surface area contributed by atoms with E-state index < -0.39 is 35.5 Å². The van der Waals surface area contributed by atoms with Crippen LogP contribution >= 0.6 is 0 Å². The first-order chi connectivity index (χ1) is 22.3. The van der Waals surface area contributed by atoms with E-state index in [0.717, 1.165) is 29.5 Å². The van der Waals surface area contributed by atoms with Crippen molar-refractivity contribution < 1.29 is 24.3 Å². The van der Waals surface area contributed by atoms with E-state index in [9.17, 15) is 24.3 Å². The number of anilines is 2. The highest BCUT2D eigenvalue weighted by Gasteiger charge is 2.62. The Morgan fingerprint density at radius 1 is 0.739 bits per heavy atom. The van der Waals surface area contributed by atoms with Gasteiger partial charge in [-0.3, -0.25) is 29.0 Å². The molecule has 2 aliphatic carbocycles. The Labute approximate surface area is 269 Å². The van der Waals surface area contributed by atoms with Gasteiger partial charge >= 0.3 is 0 Å². The number of phenolic OH excluding ortho intramolecular Hbond substituents is 1. The molecular formula is C39H38N2O5. The van der Waals surface area contributed by atoms with Crippen molar-refractivity contribution in [2.75, 3.05) is 9.80 Å². The van der Waals surface area contributed by atoms with Crippen molar-refractivity contribution in [3.63, 3.8) is 0 Å². The van der Waals surface area contributed by atoms with Gasteiger partial charge in [0.1, 0.15) is 5.75 Å². The van der Waals surface area contributed by atoms with Gasteiger partial charge in [0.2, 0.25) is 23.6 Å². The maximum absolute atomic E-state index is 14.4. The number of allylic oxidation sites excluding steroid dienone is 3. The lowest BCUT2D eigenvalue weighted by Crippen LogP contribution is -2.43. The second-order valence-corrected chi connectivity index (χ2v) is 12.9. The Kier molecular flexibility index (Phi) is 7.50. The molecule has 0 aromatic heterocycles. The lowest BCUT2D eigenvalue weighted by atomic mass is 9.57. The Balaban J connectivity index is 1.33. The molecule has 0 spiro atoms. The number of fused-ring (bicyclic) bond motifs is 4. The van der Waals surface area contributed by atoms with Crippen LogP contribution in [-0.2, 0) is 38.4 Å². The van der Waals surface area contributed by atoms with Crippen molar-refractivity contribution in [3.8, 4) is 5.75 Å². The van der Waals surface area contributed by atoms with Gasteiger partial charge in [0.25, 0.3) is 0 Å². The molecular weight excluding hydrogens is 576 g/mol. The van der Waals surface area contributed by atoms with Crippen LogP contribution in [0.5, 0.6) is 5.75 Å². The van der Waals surface area contributed by atoms with Crippen LogP contribution in [0.25, 0.3) is 0 Å². The van der Waals surface area contributed by atoms with Gasteiger partial charge in [0.05, 0.1) is 35.0 Å². The van der Waals surface area contributed by atoms with Crippen LogP contribution in [-0.4, -0.2) is 28.7 Å². The maximum atomic E-state index is 14.4. The lowest BCUT2D eigenvalue weighted by molar-refractivity contribution is -0.126. The second kappa shape index (κ2) is 11.5. The summed E-state index contributed by atoms with van der Waals surface area (Å²) in [6.45, 7) is 7.93. The molecule has 7 nitrogen and oxygen atoms in total. The molecule has 0 bridgehead atoms. The lowest BCUT2D eigenvalue weighted by Gasteiger charge is -2.44. The minimum absolute atomic E-state index is 0.0762. The molecule has 0 radical (unpaired) electrons. The zero-order valence-electron chi connectivity index (χ0n) is 26.2. The summed E-state index contributed by atoms with van der Waals surface area (Å²) in [5.74, 6) is -4.70. The number of aryl methyl sites for hydroxylation is 2. The molecule has 4 aliphatic rings. The van der Waals surface area contributed by atoms with Gasteiger partial charge in [-0.05, 0) is 79.0 Å². The number of rotatable bonds is 7. The zero-order valence-corrected chi connectivity index (χ0v) is 26.2. The molecule has 1 saturated carbocycles. The first kappa shape index (κ1) is 29.9. The van der Waals surface area contributed by atoms with E-state index in [1.54, 1.807) is 6.08 Å². The fourth-order valence-electron chi connectivity index (χ4n) is 8.39. The molecule has 234 valence electrons. The van der Waals surface area contributed by atoms with Crippen molar-refractivity contribution >= 4 is 35.0 Å². The van der Waals surface area contributed by atoms with Crippen molar-refractivity contribution in [1.82, 2.24) is 0 Å². The SMILES string of the molecule is C=CCc1cccc(C2C3=CCC4C(=O)N(c5ccc(CC)cc5)C(=O)C4C3CC3C(=O)N(c4ccc(CC)cc4)C(=O)C32)c1O. The Morgan fingerprint density at radius 2 is 1.30 bits per heavy atom. The van der Waals surface area contributed by atoms with E-state index in [-0.39, 0.29) is 35.8 Å². The number of phenols is 1. The van der Waals surface area contributed by atoms with E-state index in [4.69, 9.17) is 0 Å². The number of carbonyl (C=O) groups excluding carboxylic acids is 4. The topological polar surface area (TPSA) is 95.0 Å². The molecule has 6 atom stereocenters. The average molecular weight is 615 g/mol. The summed E-state index contributed by atoms with van der Waals surface area (Å²) in [6, 6.07) is 20.5. The van der Waals surface area contributed by atoms with Gasteiger partial charge in [0, 0.05) is 11.5 Å². The molecule has 2 aliphatic heterocycles. The number of amides is 4. The molecule has 3 aromatic rings. The van der Waals surface area contributed by atoms with E-state index in [0.29, 0.717) is 35.3 Å². The van der Waals surface area contributed by atoms with Gasteiger partial charge < -0.3 is 5.11 Å². The van der Waals surface area contributed by atoms with Crippen LogP contribution in [0.4, 0.5) is 11.4 Å². The number of nitrogens with zero attached hydrogens (tertiary/aromatic N) is 2. The average Bonchev–Trinajstić information content (AvgIpc) is 3.48. The molecule has 1 N–H and O–H groups in total. The molecule has 3 aromatic carbocycles. The number of aromatic hydroxyl groups is 1. The molecule has 46 heavy (non-hydrogen) atoms. The van der Waals surface area contributed by atoms with Gasteiger partial charge in [-0.2, -0.15) is 0 Å². The molecule has 2 saturated heterocycles. The summed E-state index contributed by atoms with van der Waals surface area (Å²) < 4.78 is 0. The number of benzene rings is 3. The van der Waals surface area contributed by atoms with Crippen molar-refractivity contribution in [2.45, 2.75) is 51.9 Å². The molecule has 3 fully saturated rings. The maximum Gasteiger partial charge on any atom is 0.238 e. The molecule has 6 unspecified atom stereocenters. The summed E-state index contributed by atoms with van der Waals surface area (Å²) in [7, 11) is 0. The third-order valence-corrected chi connectivity index (χ3v) is 10.7. The first-order valence-electron chi connectivity index (χ1n) is 16.3. The summed E-state index contributed by atoms with van der Waals surface area (Å²) in [6.07, 6.45) is 6.49. The van der Waals surface area contributed by atoms with Crippen LogP contribution in [0.3, 0.4) is 0 Å². The first-order valence-corrected chi connectivity index (χ1v) is 16.3. The number of para-hydroxylation sites is 1. The standard InChI is InChI=1S/C39H38N2O5/c1-4-8-24-9-7-10-28(35(24)42)32-27-19-20-29-33(38(45)40(36(29)43)25-15-11-22(5-2)12-16-25)30(27)21-31-34(32)39(46)41(37(31)44)26-17-13-23(6-3)14-18-26/h4,7,9-19,29-34,42H,1,5-6,8,20-21H2,2-3H3. The monoisotopic (exact) mass is 614 g/mol. The number of hydrogen-bond donors (Lipinski definition) is 1. The fraction of sp³-hybridized carbons (Fsp3) is 0.333. The van der Waals surface area contributed by atoms with E-state index in [1.165, 1.54) is 9.80 Å². The number of carbonyl (C=O) groups is 4.